The van der Waals surface area contributed by atoms with Crippen LogP contribution in [0.15, 0.2) is 18.2 Å². The van der Waals surface area contributed by atoms with E-state index in [1.807, 2.05) is 13.0 Å². The fourth-order valence-corrected chi connectivity index (χ4v) is 3.33. The minimum absolute atomic E-state index is 0.151. The second kappa shape index (κ2) is 4.88. The van der Waals surface area contributed by atoms with Crippen LogP contribution in [0.4, 0.5) is 10.1 Å². The van der Waals surface area contributed by atoms with Crippen molar-refractivity contribution in [2.45, 2.75) is 44.7 Å². The van der Waals surface area contributed by atoms with Crippen LogP contribution in [0.5, 0.6) is 0 Å². The van der Waals surface area contributed by atoms with Gasteiger partial charge in [0.15, 0.2) is 0 Å². The Morgan fingerprint density at radius 3 is 3.06 bits per heavy atom. The molecule has 0 bridgehead atoms. The van der Waals surface area contributed by atoms with E-state index < -0.39 is 0 Å². The highest BCUT2D eigenvalue weighted by molar-refractivity contribution is 5.51. The molecule has 18 heavy (non-hydrogen) atoms. The van der Waals surface area contributed by atoms with E-state index in [-0.39, 0.29) is 5.82 Å². The highest BCUT2D eigenvalue weighted by Gasteiger charge is 2.31. The van der Waals surface area contributed by atoms with E-state index >= 15 is 0 Å². The molecular weight excluding hydrogens is 227 g/mol. The van der Waals surface area contributed by atoms with E-state index in [0.29, 0.717) is 6.04 Å². The van der Waals surface area contributed by atoms with Crippen LogP contribution in [0.3, 0.4) is 0 Å². The molecule has 0 amide bonds. The van der Waals surface area contributed by atoms with Gasteiger partial charge in [0.05, 0.1) is 0 Å². The molecule has 1 N–H and O–H groups in total. The number of hydrogen-bond donors (Lipinski definition) is 1. The molecule has 2 atom stereocenters. The summed E-state index contributed by atoms with van der Waals surface area (Å²) >= 11 is 0. The lowest BCUT2D eigenvalue weighted by molar-refractivity contribution is 0.188. The number of anilines is 1. The quantitative estimate of drug-likeness (QED) is 0.864. The van der Waals surface area contributed by atoms with Crippen LogP contribution in [-0.2, 0) is 0 Å². The van der Waals surface area contributed by atoms with Crippen LogP contribution in [0.2, 0.25) is 0 Å². The second-order valence-electron chi connectivity index (χ2n) is 5.66. The molecule has 0 radical (unpaired) electrons. The van der Waals surface area contributed by atoms with Gasteiger partial charge in [0.2, 0.25) is 0 Å². The number of benzene rings is 1. The van der Waals surface area contributed by atoms with Gasteiger partial charge in [-0.05, 0) is 56.8 Å². The van der Waals surface area contributed by atoms with E-state index in [9.17, 15) is 4.39 Å². The lowest BCUT2D eigenvalue weighted by atomic mass is 9.97. The molecule has 1 aromatic rings. The summed E-state index contributed by atoms with van der Waals surface area (Å²) in [5.41, 5.74) is 2.09. The first-order valence-corrected chi connectivity index (χ1v) is 6.99. The number of piperidine rings is 1. The zero-order chi connectivity index (χ0) is 12.5. The maximum absolute atomic E-state index is 13.3. The minimum atomic E-state index is -0.151. The van der Waals surface area contributed by atoms with E-state index in [1.54, 1.807) is 6.07 Å². The summed E-state index contributed by atoms with van der Waals surface area (Å²) in [7, 11) is 0. The van der Waals surface area contributed by atoms with Gasteiger partial charge in [0.1, 0.15) is 5.82 Å². The monoisotopic (exact) mass is 248 g/mol. The van der Waals surface area contributed by atoms with Crippen molar-refractivity contribution in [2.24, 2.45) is 0 Å². The fourth-order valence-electron chi connectivity index (χ4n) is 3.33. The fraction of sp³-hybridized carbons (Fsp3) is 0.600. The zero-order valence-electron chi connectivity index (χ0n) is 11.0. The largest absolute Gasteiger partial charge is 0.382 e. The molecule has 3 rings (SSSR count). The summed E-state index contributed by atoms with van der Waals surface area (Å²) in [6.07, 6.45) is 5.05. The van der Waals surface area contributed by atoms with Crippen LogP contribution in [0, 0.1) is 12.7 Å². The summed E-state index contributed by atoms with van der Waals surface area (Å²) in [6, 6.07) is 6.26. The third-order valence-electron chi connectivity index (χ3n) is 4.38. The Hall–Kier alpha value is -1.09. The molecule has 2 heterocycles. The number of fused-ring (bicyclic) bond motifs is 1. The van der Waals surface area contributed by atoms with Crippen molar-refractivity contribution in [3.63, 3.8) is 0 Å². The lowest BCUT2D eigenvalue weighted by Crippen LogP contribution is -2.42. The van der Waals surface area contributed by atoms with Gasteiger partial charge in [-0.15, -0.1) is 0 Å². The number of aryl methyl sites for hydroxylation is 1. The SMILES string of the molecule is Cc1ccc(F)cc1NC1CCN2CCCC2C1. The molecule has 2 nitrogen and oxygen atoms in total. The number of halogens is 1. The van der Waals surface area contributed by atoms with E-state index in [1.165, 1.54) is 44.8 Å². The van der Waals surface area contributed by atoms with Gasteiger partial charge in [0.25, 0.3) is 0 Å². The van der Waals surface area contributed by atoms with Crippen molar-refractivity contribution < 1.29 is 4.39 Å². The topological polar surface area (TPSA) is 15.3 Å². The third kappa shape index (κ3) is 2.37. The Morgan fingerprint density at radius 1 is 1.28 bits per heavy atom. The van der Waals surface area contributed by atoms with Crippen molar-refractivity contribution >= 4 is 5.69 Å². The Bertz CT molecular complexity index is 433. The van der Waals surface area contributed by atoms with Crippen LogP contribution in [0.25, 0.3) is 0 Å². The molecule has 2 fully saturated rings. The maximum Gasteiger partial charge on any atom is 0.125 e. The molecule has 1 aromatic carbocycles. The summed E-state index contributed by atoms with van der Waals surface area (Å²) in [5, 5.41) is 3.54. The zero-order valence-corrected chi connectivity index (χ0v) is 11.0. The smallest absolute Gasteiger partial charge is 0.125 e. The lowest BCUT2D eigenvalue weighted by Gasteiger charge is -2.35. The average molecular weight is 248 g/mol. The summed E-state index contributed by atoms with van der Waals surface area (Å²) < 4.78 is 13.3. The summed E-state index contributed by atoms with van der Waals surface area (Å²) in [6.45, 7) is 4.50. The van der Waals surface area contributed by atoms with Crippen molar-refractivity contribution in [3.8, 4) is 0 Å². The number of hydrogen-bond acceptors (Lipinski definition) is 2. The predicted octanol–water partition coefficient (Wildman–Crippen LogP) is 3.17. The Balaban J connectivity index is 1.67. The van der Waals surface area contributed by atoms with Crippen molar-refractivity contribution in [1.29, 1.82) is 0 Å². The molecule has 2 aliphatic heterocycles. The third-order valence-corrected chi connectivity index (χ3v) is 4.38. The highest BCUT2D eigenvalue weighted by Crippen LogP contribution is 2.29. The molecule has 0 aliphatic carbocycles. The maximum atomic E-state index is 13.3. The van der Waals surface area contributed by atoms with Gasteiger partial charge in [-0.2, -0.15) is 0 Å². The Morgan fingerprint density at radius 2 is 2.17 bits per heavy atom. The standard InChI is InChI=1S/C15H21FN2/c1-11-4-5-12(16)9-15(11)17-13-6-8-18-7-2-3-14(18)10-13/h4-5,9,13-14,17H,2-3,6-8,10H2,1H3. The Labute approximate surface area is 108 Å². The van der Waals surface area contributed by atoms with Gasteiger partial charge < -0.3 is 10.2 Å². The molecule has 0 spiro atoms. The highest BCUT2D eigenvalue weighted by atomic mass is 19.1. The van der Waals surface area contributed by atoms with Gasteiger partial charge in [-0.25, -0.2) is 4.39 Å². The van der Waals surface area contributed by atoms with Crippen LogP contribution < -0.4 is 5.32 Å². The summed E-state index contributed by atoms with van der Waals surface area (Å²) in [5.74, 6) is -0.151. The van der Waals surface area contributed by atoms with Crippen LogP contribution in [0.1, 0.15) is 31.2 Å². The van der Waals surface area contributed by atoms with Crippen molar-refractivity contribution in [3.05, 3.63) is 29.6 Å². The molecule has 2 unspecified atom stereocenters. The first kappa shape index (κ1) is 12.0. The summed E-state index contributed by atoms with van der Waals surface area (Å²) in [4.78, 5) is 2.61. The molecule has 2 aliphatic rings. The number of nitrogens with one attached hydrogen (secondary N) is 1. The first-order chi connectivity index (χ1) is 8.72. The average Bonchev–Trinajstić information content (AvgIpc) is 2.81. The first-order valence-electron chi connectivity index (χ1n) is 6.99. The predicted molar refractivity (Wildman–Crippen MR) is 72.4 cm³/mol. The molecule has 2 saturated heterocycles. The number of nitrogens with zero attached hydrogens (tertiary/aromatic N) is 1. The van der Waals surface area contributed by atoms with Gasteiger partial charge in [0, 0.05) is 24.3 Å². The van der Waals surface area contributed by atoms with Crippen LogP contribution >= 0.6 is 0 Å². The van der Waals surface area contributed by atoms with E-state index in [0.717, 1.165) is 17.3 Å². The second-order valence-corrected chi connectivity index (χ2v) is 5.66. The molecule has 0 aromatic heterocycles. The van der Waals surface area contributed by atoms with Crippen molar-refractivity contribution in [1.82, 2.24) is 4.90 Å². The van der Waals surface area contributed by atoms with Gasteiger partial charge >= 0.3 is 0 Å². The minimum Gasteiger partial charge on any atom is -0.382 e. The van der Waals surface area contributed by atoms with Crippen molar-refractivity contribution in [2.75, 3.05) is 18.4 Å². The van der Waals surface area contributed by atoms with Gasteiger partial charge in [-0.1, -0.05) is 6.07 Å². The van der Waals surface area contributed by atoms with E-state index in [4.69, 9.17) is 0 Å². The van der Waals surface area contributed by atoms with Gasteiger partial charge in [-0.3, -0.25) is 0 Å². The molecular formula is C15H21FN2. The van der Waals surface area contributed by atoms with Crippen LogP contribution in [-0.4, -0.2) is 30.1 Å². The number of rotatable bonds is 2. The molecule has 3 heteroatoms. The molecule has 98 valence electrons. The van der Waals surface area contributed by atoms with E-state index in [2.05, 4.69) is 10.2 Å². The normalized spacial score (nSPS) is 28.1. The molecule has 0 saturated carbocycles. The Kier molecular flexibility index (Phi) is 3.25.